The quantitative estimate of drug-likeness (QED) is 0.620. The molecule has 0 atom stereocenters. The first-order chi connectivity index (χ1) is 7.92. The molecular weight excluding hydrogens is 220 g/mol. The largest absolute Gasteiger partial charge is 0.469 e. The minimum atomic E-state index is -0.242. The fraction of sp³-hybridized carbons (Fsp3) is 0.833. The molecule has 5 heteroatoms. The number of carbonyl (C=O) groups excluding carboxylic acids is 2. The predicted molar refractivity (Wildman–Crippen MR) is 66.7 cm³/mol. The fourth-order valence-electron chi connectivity index (χ4n) is 1.29. The molecule has 0 spiro atoms. The summed E-state index contributed by atoms with van der Waals surface area (Å²) in [4.78, 5) is 26.5. The summed E-state index contributed by atoms with van der Waals surface area (Å²) in [5.74, 6) is -0.167. The number of hydrogen-bond donors (Lipinski definition) is 0. The molecule has 0 aromatic carbocycles. The Kier molecular flexibility index (Phi) is 7.54. The van der Waals surface area contributed by atoms with Crippen LogP contribution in [0, 0.1) is 0 Å². The maximum Gasteiger partial charge on any atom is 0.306 e. The lowest BCUT2D eigenvalue weighted by atomic mass is 10.3. The molecule has 5 nitrogen and oxygen atoms in total. The molecule has 17 heavy (non-hydrogen) atoms. The Morgan fingerprint density at radius 1 is 1.29 bits per heavy atom. The lowest BCUT2D eigenvalue weighted by molar-refractivity contribution is -0.141. The van der Waals surface area contributed by atoms with Gasteiger partial charge in [-0.1, -0.05) is 6.92 Å². The van der Waals surface area contributed by atoms with E-state index in [1.807, 2.05) is 25.7 Å². The smallest absolute Gasteiger partial charge is 0.306 e. The van der Waals surface area contributed by atoms with Crippen LogP contribution >= 0.6 is 0 Å². The lowest BCUT2D eigenvalue weighted by Crippen LogP contribution is -2.42. The van der Waals surface area contributed by atoms with Gasteiger partial charge < -0.3 is 9.64 Å². The van der Waals surface area contributed by atoms with E-state index in [4.69, 9.17) is 0 Å². The van der Waals surface area contributed by atoms with Gasteiger partial charge in [-0.05, 0) is 20.4 Å². The fourth-order valence-corrected chi connectivity index (χ4v) is 1.29. The summed E-state index contributed by atoms with van der Waals surface area (Å²) in [6.07, 6.45) is 0.322. The molecule has 0 radical (unpaired) electrons. The van der Waals surface area contributed by atoms with Crippen LogP contribution in [-0.2, 0) is 14.3 Å². The highest BCUT2D eigenvalue weighted by atomic mass is 16.5. The van der Waals surface area contributed by atoms with Gasteiger partial charge in [-0.25, -0.2) is 0 Å². The molecule has 0 saturated carbocycles. The minimum absolute atomic E-state index is 0.0757. The Balaban J connectivity index is 4.12. The van der Waals surface area contributed by atoms with Gasteiger partial charge in [0.1, 0.15) is 0 Å². The van der Waals surface area contributed by atoms with Crippen LogP contribution in [0.5, 0.6) is 0 Å². The Labute approximate surface area is 104 Å². The normalized spacial score (nSPS) is 10.8. The van der Waals surface area contributed by atoms with Crippen molar-refractivity contribution in [2.45, 2.75) is 33.2 Å². The average Bonchev–Trinajstić information content (AvgIpc) is 2.32. The molecule has 0 unspecified atom stereocenters. The van der Waals surface area contributed by atoms with Crippen LogP contribution in [0.4, 0.5) is 0 Å². The van der Waals surface area contributed by atoms with E-state index >= 15 is 0 Å². The number of likely N-dealkylation sites (N-methyl/N-ethyl adjacent to an activating group) is 2. The zero-order valence-electron chi connectivity index (χ0n) is 11.5. The van der Waals surface area contributed by atoms with Crippen LogP contribution in [0.2, 0.25) is 0 Å². The molecule has 0 N–H and O–H groups in total. The number of nitrogens with zero attached hydrogens (tertiary/aromatic N) is 2. The monoisotopic (exact) mass is 244 g/mol. The molecule has 0 fully saturated rings. The van der Waals surface area contributed by atoms with Gasteiger partial charge >= 0.3 is 5.97 Å². The topological polar surface area (TPSA) is 49.9 Å². The summed E-state index contributed by atoms with van der Waals surface area (Å²) in [5.41, 5.74) is 0. The van der Waals surface area contributed by atoms with E-state index in [0.29, 0.717) is 19.5 Å². The van der Waals surface area contributed by atoms with E-state index in [1.54, 1.807) is 11.9 Å². The van der Waals surface area contributed by atoms with Crippen LogP contribution in [-0.4, -0.2) is 61.5 Å². The molecular formula is C12H24N2O3. The van der Waals surface area contributed by atoms with Gasteiger partial charge in [0.2, 0.25) is 5.91 Å². The number of esters is 1. The van der Waals surface area contributed by atoms with Crippen LogP contribution in [0.15, 0.2) is 0 Å². The van der Waals surface area contributed by atoms with Gasteiger partial charge in [0.25, 0.3) is 0 Å². The molecule has 0 aromatic heterocycles. The minimum Gasteiger partial charge on any atom is -0.469 e. The van der Waals surface area contributed by atoms with Crippen molar-refractivity contribution in [3.05, 3.63) is 0 Å². The van der Waals surface area contributed by atoms with Crippen molar-refractivity contribution in [1.29, 1.82) is 0 Å². The van der Waals surface area contributed by atoms with Crippen LogP contribution in [0.3, 0.4) is 0 Å². The van der Waals surface area contributed by atoms with Crippen molar-refractivity contribution in [3.63, 3.8) is 0 Å². The van der Waals surface area contributed by atoms with E-state index in [2.05, 4.69) is 4.74 Å². The van der Waals surface area contributed by atoms with Gasteiger partial charge in [0.05, 0.1) is 20.1 Å². The van der Waals surface area contributed by atoms with Crippen molar-refractivity contribution < 1.29 is 14.3 Å². The summed E-state index contributed by atoms with van der Waals surface area (Å²) in [7, 11) is 3.16. The number of methoxy groups -OCH3 is 1. The van der Waals surface area contributed by atoms with Crippen LogP contribution < -0.4 is 0 Å². The summed E-state index contributed by atoms with van der Waals surface area (Å²) >= 11 is 0. The molecule has 0 saturated heterocycles. The number of rotatable bonds is 7. The van der Waals surface area contributed by atoms with Crippen LogP contribution in [0.1, 0.15) is 27.2 Å². The third-order valence-electron chi connectivity index (χ3n) is 2.83. The van der Waals surface area contributed by atoms with Gasteiger partial charge in [-0.2, -0.15) is 0 Å². The molecule has 0 bridgehead atoms. The molecule has 0 heterocycles. The second kappa shape index (κ2) is 8.06. The average molecular weight is 244 g/mol. The van der Waals surface area contributed by atoms with E-state index < -0.39 is 0 Å². The van der Waals surface area contributed by atoms with Crippen LogP contribution in [0.25, 0.3) is 0 Å². The summed E-state index contributed by atoms with van der Waals surface area (Å²) in [6, 6.07) is 0.196. The van der Waals surface area contributed by atoms with Crippen molar-refractivity contribution >= 4 is 11.9 Å². The first-order valence-electron chi connectivity index (χ1n) is 5.97. The summed E-state index contributed by atoms with van der Waals surface area (Å²) < 4.78 is 4.57. The van der Waals surface area contributed by atoms with E-state index in [9.17, 15) is 9.59 Å². The molecule has 0 rings (SSSR count). The zero-order chi connectivity index (χ0) is 13.4. The van der Waals surface area contributed by atoms with Gasteiger partial charge in [-0.3, -0.25) is 14.5 Å². The Bertz CT molecular complexity index is 254. The summed E-state index contributed by atoms with van der Waals surface area (Å²) in [6.45, 7) is 7.57. The molecule has 0 aliphatic carbocycles. The maximum absolute atomic E-state index is 11.8. The number of amides is 1. The highest BCUT2D eigenvalue weighted by Gasteiger charge is 2.16. The third kappa shape index (κ3) is 6.26. The number of carbonyl (C=O) groups is 2. The van der Waals surface area contributed by atoms with Crippen molar-refractivity contribution in [2.75, 3.05) is 33.8 Å². The summed E-state index contributed by atoms with van der Waals surface area (Å²) in [5, 5.41) is 0. The maximum atomic E-state index is 11.8. The molecule has 0 aromatic rings. The van der Waals surface area contributed by atoms with Crippen molar-refractivity contribution in [1.82, 2.24) is 9.80 Å². The predicted octanol–water partition coefficient (Wildman–Crippen LogP) is 0.738. The highest BCUT2D eigenvalue weighted by molar-refractivity contribution is 5.78. The zero-order valence-corrected chi connectivity index (χ0v) is 11.5. The Morgan fingerprint density at radius 3 is 2.29 bits per heavy atom. The second-order valence-corrected chi connectivity index (χ2v) is 4.29. The SMILES string of the molecule is CCN(CCC(=O)OC)CC(=O)N(C)C(C)C. The molecule has 100 valence electrons. The standard InChI is InChI=1S/C12H24N2O3/c1-6-14(8-7-12(16)17-5)9-11(15)13(4)10(2)3/h10H,6-9H2,1-5H3. The Hall–Kier alpha value is -1.10. The number of ether oxygens (including phenoxy) is 1. The third-order valence-corrected chi connectivity index (χ3v) is 2.83. The van der Waals surface area contributed by atoms with E-state index in [1.165, 1.54) is 7.11 Å². The van der Waals surface area contributed by atoms with E-state index in [0.717, 1.165) is 6.54 Å². The lowest BCUT2D eigenvalue weighted by Gasteiger charge is -2.26. The highest BCUT2D eigenvalue weighted by Crippen LogP contribution is 1.99. The molecule has 0 aliphatic heterocycles. The van der Waals surface area contributed by atoms with Crippen molar-refractivity contribution in [3.8, 4) is 0 Å². The first kappa shape index (κ1) is 15.9. The van der Waals surface area contributed by atoms with Gasteiger partial charge in [0.15, 0.2) is 0 Å². The number of hydrogen-bond acceptors (Lipinski definition) is 4. The first-order valence-corrected chi connectivity index (χ1v) is 5.97. The molecule has 1 amide bonds. The Morgan fingerprint density at radius 2 is 1.88 bits per heavy atom. The second-order valence-electron chi connectivity index (χ2n) is 4.29. The van der Waals surface area contributed by atoms with E-state index in [-0.39, 0.29) is 17.9 Å². The van der Waals surface area contributed by atoms with Gasteiger partial charge in [0, 0.05) is 19.6 Å². The van der Waals surface area contributed by atoms with Crippen molar-refractivity contribution in [2.24, 2.45) is 0 Å². The molecule has 0 aliphatic rings. The van der Waals surface area contributed by atoms with Gasteiger partial charge in [-0.15, -0.1) is 0 Å².